The van der Waals surface area contributed by atoms with E-state index < -0.39 is 8.15 Å². The molecule has 0 N–H and O–H groups in total. The molecule has 2 atom stereocenters. The van der Waals surface area contributed by atoms with Crippen molar-refractivity contribution in [2.24, 2.45) is 0 Å². The molecule has 0 aliphatic carbocycles. The Balaban J connectivity index is 1.82. The smallest absolute Gasteiger partial charge is 0.102 e. The van der Waals surface area contributed by atoms with E-state index in [1.807, 2.05) is 11.8 Å². The number of aryl methyl sites for hydroxylation is 5. The van der Waals surface area contributed by atoms with Crippen LogP contribution in [0.5, 0.6) is 0 Å². The van der Waals surface area contributed by atoms with E-state index in [-0.39, 0.29) is 11.4 Å². The number of hydrogen-bond acceptors (Lipinski definition) is 3. The van der Waals surface area contributed by atoms with Crippen LogP contribution in [-0.2, 0) is 9.26 Å². The average Bonchev–Trinajstić information content (AvgIpc) is 2.86. The lowest BCUT2D eigenvalue weighted by atomic mass is 9.95. The van der Waals surface area contributed by atoms with E-state index in [9.17, 15) is 0 Å². The molecule has 0 unspecified atom stereocenters. The molecule has 0 fully saturated rings. The van der Waals surface area contributed by atoms with Crippen LogP contribution in [0.1, 0.15) is 38.6 Å². The molecule has 4 heteroatoms. The molecule has 0 aromatic heterocycles. The van der Waals surface area contributed by atoms with Gasteiger partial charge in [-0.2, -0.15) is 0 Å². The van der Waals surface area contributed by atoms with E-state index in [4.69, 9.17) is 9.26 Å². The van der Waals surface area contributed by atoms with Gasteiger partial charge in [-0.3, -0.25) is 0 Å². The fourth-order valence-electron chi connectivity index (χ4n) is 4.98. The second-order valence-electron chi connectivity index (χ2n) is 9.74. The Bertz CT molecular complexity index is 1220. The Kier molecular flexibility index (Phi) is 9.62. The van der Waals surface area contributed by atoms with Gasteiger partial charge in [0.05, 0.1) is 20.0 Å². The second-order valence-corrected chi connectivity index (χ2v) is 12.8. The fourth-order valence-corrected chi connectivity index (χ4v) is 8.52. The Hall–Kier alpha value is -2.42. The molecule has 0 aliphatic rings. The SMILES string of the molecule is COC[C@H](OP(c1ccccc1)c1ccccc1)[C@H](Sc1cc(C)cc(C)c1)c1c(C)cc(C)cc1C. The predicted molar refractivity (Wildman–Crippen MR) is 161 cm³/mol. The molecule has 0 spiro atoms. The van der Waals surface area contributed by atoms with Gasteiger partial charge in [0.2, 0.25) is 0 Å². The number of benzene rings is 4. The Morgan fingerprint density at radius 2 is 1.16 bits per heavy atom. The van der Waals surface area contributed by atoms with E-state index in [0.29, 0.717) is 6.61 Å². The molecular weight excluding hydrogens is 491 g/mol. The van der Waals surface area contributed by atoms with Crippen molar-refractivity contribution in [2.45, 2.75) is 50.9 Å². The van der Waals surface area contributed by atoms with Gasteiger partial charge < -0.3 is 9.26 Å². The molecule has 4 aromatic rings. The normalized spacial score (nSPS) is 13.1. The minimum Gasteiger partial charge on any atom is -0.382 e. The maximum atomic E-state index is 7.17. The van der Waals surface area contributed by atoms with Crippen molar-refractivity contribution in [1.82, 2.24) is 0 Å². The van der Waals surface area contributed by atoms with Crippen molar-refractivity contribution in [2.75, 3.05) is 13.7 Å². The number of methoxy groups -OCH3 is 1. The summed E-state index contributed by atoms with van der Waals surface area (Å²) in [6, 6.07) is 32.6. The first-order valence-corrected chi connectivity index (χ1v) is 14.9. The minimum atomic E-state index is -1.03. The highest BCUT2D eigenvalue weighted by Gasteiger charge is 2.32. The highest BCUT2D eigenvalue weighted by molar-refractivity contribution is 7.99. The van der Waals surface area contributed by atoms with E-state index in [2.05, 4.69) is 126 Å². The molecule has 0 heterocycles. The van der Waals surface area contributed by atoms with Crippen molar-refractivity contribution < 1.29 is 9.26 Å². The molecule has 0 radical (unpaired) electrons. The van der Waals surface area contributed by atoms with E-state index in [1.165, 1.54) is 48.9 Å². The molecule has 37 heavy (non-hydrogen) atoms. The Morgan fingerprint density at radius 3 is 1.65 bits per heavy atom. The van der Waals surface area contributed by atoms with Crippen LogP contribution in [0.25, 0.3) is 0 Å². The van der Waals surface area contributed by atoms with Crippen molar-refractivity contribution >= 4 is 30.5 Å². The summed E-state index contributed by atoms with van der Waals surface area (Å²) in [5.41, 5.74) is 7.78. The largest absolute Gasteiger partial charge is 0.382 e. The summed E-state index contributed by atoms with van der Waals surface area (Å²) < 4.78 is 13.0. The van der Waals surface area contributed by atoms with Crippen LogP contribution < -0.4 is 10.6 Å². The van der Waals surface area contributed by atoms with Crippen molar-refractivity contribution in [3.63, 3.8) is 0 Å². The van der Waals surface area contributed by atoms with Gasteiger partial charge in [-0.25, -0.2) is 0 Å². The molecule has 4 aromatic carbocycles. The molecule has 0 amide bonds. The maximum absolute atomic E-state index is 7.17. The van der Waals surface area contributed by atoms with Gasteiger partial charge in [-0.1, -0.05) is 84.4 Å². The van der Waals surface area contributed by atoms with Crippen LogP contribution >= 0.6 is 19.9 Å². The van der Waals surface area contributed by atoms with Crippen molar-refractivity contribution in [1.29, 1.82) is 0 Å². The molecule has 2 nitrogen and oxygen atoms in total. The lowest BCUT2D eigenvalue weighted by Crippen LogP contribution is -2.28. The maximum Gasteiger partial charge on any atom is 0.102 e. The molecule has 0 bridgehead atoms. The van der Waals surface area contributed by atoms with Gasteiger partial charge in [-0.05, 0) is 74.6 Å². The highest BCUT2D eigenvalue weighted by Crippen LogP contribution is 2.47. The quantitative estimate of drug-likeness (QED) is 0.153. The molecule has 4 rings (SSSR count). The zero-order valence-electron chi connectivity index (χ0n) is 22.7. The summed E-state index contributed by atoms with van der Waals surface area (Å²) in [6.45, 7) is 11.5. The minimum absolute atomic E-state index is 0.0687. The zero-order chi connectivity index (χ0) is 26.4. The van der Waals surface area contributed by atoms with Gasteiger partial charge in [0.1, 0.15) is 6.10 Å². The number of ether oxygens (including phenoxy) is 1. The van der Waals surface area contributed by atoms with Crippen LogP contribution in [0.15, 0.2) is 95.9 Å². The van der Waals surface area contributed by atoms with Gasteiger partial charge in [0, 0.05) is 22.6 Å². The van der Waals surface area contributed by atoms with Crippen LogP contribution in [0.4, 0.5) is 0 Å². The second kappa shape index (κ2) is 12.9. The Labute approximate surface area is 228 Å². The molecular formula is C33H37O2PS. The highest BCUT2D eigenvalue weighted by atomic mass is 32.2. The first kappa shape index (κ1) is 27.6. The molecule has 0 saturated heterocycles. The summed E-state index contributed by atoms with van der Waals surface area (Å²) >= 11 is 1.89. The van der Waals surface area contributed by atoms with Crippen LogP contribution in [0, 0.1) is 34.6 Å². The third-order valence-corrected chi connectivity index (χ3v) is 9.69. The summed E-state index contributed by atoms with van der Waals surface area (Å²) in [7, 11) is 0.744. The predicted octanol–water partition coefficient (Wildman–Crippen LogP) is 8.14. The molecule has 192 valence electrons. The van der Waals surface area contributed by atoms with Crippen molar-refractivity contribution in [3.8, 4) is 0 Å². The van der Waals surface area contributed by atoms with E-state index in [0.717, 1.165) is 0 Å². The number of hydrogen-bond donors (Lipinski definition) is 0. The van der Waals surface area contributed by atoms with Gasteiger partial charge >= 0.3 is 0 Å². The fraction of sp³-hybridized carbons (Fsp3) is 0.273. The summed E-state index contributed by atoms with van der Waals surface area (Å²) in [4.78, 5) is 1.26. The summed E-state index contributed by atoms with van der Waals surface area (Å²) in [5.74, 6) is 0. The summed E-state index contributed by atoms with van der Waals surface area (Å²) in [5, 5.41) is 2.48. The third-order valence-electron chi connectivity index (χ3n) is 6.37. The third kappa shape index (κ3) is 7.12. The first-order valence-electron chi connectivity index (χ1n) is 12.7. The Morgan fingerprint density at radius 1 is 0.676 bits per heavy atom. The lowest BCUT2D eigenvalue weighted by molar-refractivity contribution is 0.0895. The van der Waals surface area contributed by atoms with Crippen LogP contribution in [0.3, 0.4) is 0 Å². The summed E-state index contributed by atoms with van der Waals surface area (Å²) in [6.07, 6.45) is -0.151. The molecule has 0 aliphatic heterocycles. The number of rotatable bonds is 10. The number of thioether (sulfide) groups is 1. The van der Waals surface area contributed by atoms with Crippen molar-refractivity contribution in [3.05, 3.63) is 124 Å². The topological polar surface area (TPSA) is 18.5 Å². The van der Waals surface area contributed by atoms with Crippen LogP contribution in [-0.4, -0.2) is 19.8 Å². The van der Waals surface area contributed by atoms with Gasteiger partial charge in [0.15, 0.2) is 0 Å². The average molecular weight is 529 g/mol. The molecule has 0 saturated carbocycles. The first-order chi connectivity index (χ1) is 17.9. The van der Waals surface area contributed by atoms with E-state index in [1.54, 1.807) is 7.11 Å². The standard InChI is InChI=1S/C33H37O2PS/c1-23-17-24(2)21-30(20-23)37-33(32-26(4)18-25(3)19-27(32)5)31(22-34-6)35-36(28-13-9-7-10-14-28)29-15-11-8-12-16-29/h7-21,31,33H,22H2,1-6H3/t31-,33-/m0/s1. The lowest BCUT2D eigenvalue weighted by Gasteiger charge is -2.33. The van der Waals surface area contributed by atoms with Gasteiger partial charge in [0.25, 0.3) is 0 Å². The van der Waals surface area contributed by atoms with E-state index >= 15 is 0 Å². The van der Waals surface area contributed by atoms with Crippen LogP contribution in [0.2, 0.25) is 0 Å². The van der Waals surface area contributed by atoms with Gasteiger partial charge in [-0.15, -0.1) is 11.8 Å². The zero-order valence-corrected chi connectivity index (χ0v) is 24.4. The monoisotopic (exact) mass is 528 g/mol.